The normalized spacial score (nSPS) is 15.6. The van der Waals surface area contributed by atoms with Gasteiger partial charge in [-0.15, -0.1) is 0 Å². The third kappa shape index (κ3) is 3.56. The number of phenolic OH excluding ortho intramolecular Hbond substituents is 1. The number of methoxy groups -OCH3 is 2. The lowest BCUT2D eigenvalue weighted by atomic mass is 10.1. The van der Waals surface area contributed by atoms with Gasteiger partial charge >= 0.3 is 6.03 Å². The number of phenols is 1. The summed E-state index contributed by atoms with van der Waals surface area (Å²) in [5, 5.41) is 12.1. The van der Waals surface area contributed by atoms with Crippen molar-refractivity contribution in [3.05, 3.63) is 52.0 Å². The van der Waals surface area contributed by atoms with Gasteiger partial charge in [0, 0.05) is 4.47 Å². The average Bonchev–Trinajstić information content (AvgIpc) is 2.67. The number of amides is 4. The number of carbonyl (C=O) groups is 3. The Bertz CT molecular complexity index is 975. The van der Waals surface area contributed by atoms with E-state index in [4.69, 9.17) is 9.47 Å². The van der Waals surface area contributed by atoms with Gasteiger partial charge in [0.2, 0.25) is 5.75 Å². The van der Waals surface area contributed by atoms with Crippen LogP contribution >= 0.6 is 15.9 Å². The number of nitrogens with zero attached hydrogens (tertiary/aromatic N) is 1. The first-order valence-electron chi connectivity index (χ1n) is 7.97. The number of ether oxygens (including phenoxy) is 2. The van der Waals surface area contributed by atoms with Gasteiger partial charge in [0.25, 0.3) is 11.8 Å². The highest BCUT2D eigenvalue weighted by molar-refractivity contribution is 9.10. The van der Waals surface area contributed by atoms with Crippen molar-refractivity contribution in [2.24, 2.45) is 0 Å². The largest absolute Gasteiger partial charge is 0.502 e. The third-order valence-electron chi connectivity index (χ3n) is 4.00. The lowest BCUT2D eigenvalue weighted by Gasteiger charge is -2.26. The molecule has 2 aromatic carbocycles. The molecule has 1 saturated heterocycles. The summed E-state index contributed by atoms with van der Waals surface area (Å²) in [6.07, 6.45) is 1.29. The zero-order chi connectivity index (χ0) is 20.4. The van der Waals surface area contributed by atoms with Crippen LogP contribution in [0.5, 0.6) is 17.2 Å². The average molecular weight is 447 g/mol. The van der Waals surface area contributed by atoms with Crippen molar-refractivity contribution in [2.75, 3.05) is 19.1 Å². The van der Waals surface area contributed by atoms with Crippen LogP contribution in [0.1, 0.15) is 5.56 Å². The van der Waals surface area contributed by atoms with Gasteiger partial charge in [-0.05, 0) is 48.0 Å². The molecule has 8 nitrogen and oxygen atoms in total. The van der Waals surface area contributed by atoms with Crippen molar-refractivity contribution in [3.63, 3.8) is 0 Å². The lowest BCUT2D eigenvalue weighted by molar-refractivity contribution is -0.122. The van der Waals surface area contributed by atoms with Crippen molar-refractivity contribution < 1.29 is 29.0 Å². The quantitative estimate of drug-likeness (QED) is 0.552. The Morgan fingerprint density at radius 2 is 1.61 bits per heavy atom. The second kappa shape index (κ2) is 7.73. The Morgan fingerprint density at radius 1 is 1.04 bits per heavy atom. The fourth-order valence-corrected chi connectivity index (χ4v) is 2.91. The molecule has 0 saturated carbocycles. The molecule has 2 N–H and O–H groups in total. The van der Waals surface area contributed by atoms with Gasteiger partial charge in [0.1, 0.15) is 5.57 Å². The molecular formula is C19H15BrN2O6. The molecule has 1 aliphatic rings. The molecule has 2 aromatic rings. The van der Waals surface area contributed by atoms with Crippen LogP contribution in [-0.2, 0) is 9.59 Å². The van der Waals surface area contributed by atoms with E-state index < -0.39 is 17.8 Å². The molecule has 4 amide bonds. The van der Waals surface area contributed by atoms with Crippen molar-refractivity contribution in [2.45, 2.75) is 0 Å². The number of hydrogen-bond acceptors (Lipinski definition) is 6. The number of urea groups is 1. The minimum atomic E-state index is -0.838. The minimum Gasteiger partial charge on any atom is -0.502 e. The number of carbonyl (C=O) groups excluding carboxylic acids is 3. The molecule has 0 spiro atoms. The van der Waals surface area contributed by atoms with E-state index in [2.05, 4.69) is 21.2 Å². The highest BCUT2D eigenvalue weighted by atomic mass is 79.9. The summed E-state index contributed by atoms with van der Waals surface area (Å²) < 4.78 is 10.9. The summed E-state index contributed by atoms with van der Waals surface area (Å²) in [5.74, 6) is -1.60. The fourth-order valence-electron chi connectivity index (χ4n) is 2.65. The summed E-state index contributed by atoms with van der Waals surface area (Å²) in [5.41, 5.74) is 0.428. The van der Waals surface area contributed by atoms with Crippen LogP contribution < -0.4 is 19.7 Å². The predicted octanol–water partition coefficient (Wildman–Crippen LogP) is 2.84. The fraction of sp³-hybridized carbons (Fsp3) is 0.105. The van der Waals surface area contributed by atoms with E-state index in [-0.39, 0.29) is 22.8 Å². The van der Waals surface area contributed by atoms with Crippen LogP contribution in [0.4, 0.5) is 10.5 Å². The summed E-state index contributed by atoms with van der Waals surface area (Å²) in [7, 11) is 2.72. The molecule has 1 fully saturated rings. The van der Waals surface area contributed by atoms with Crippen LogP contribution in [0.15, 0.2) is 46.4 Å². The van der Waals surface area contributed by atoms with Crippen molar-refractivity contribution in [3.8, 4) is 17.2 Å². The lowest BCUT2D eigenvalue weighted by Crippen LogP contribution is -2.54. The highest BCUT2D eigenvalue weighted by Gasteiger charge is 2.36. The Labute approximate surface area is 168 Å². The third-order valence-corrected chi connectivity index (χ3v) is 4.53. The molecule has 0 aliphatic carbocycles. The van der Waals surface area contributed by atoms with Crippen LogP contribution in [-0.4, -0.2) is 37.2 Å². The Balaban J connectivity index is 2.05. The van der Waals surface area contributed by atoms with Gasteiger partial charge in [0.15, 0.2) is 11.5 Å². The van der Waals surface area contributed by atoms with Crippen LogP contribution in [0.25, 0.3) is 6.08 Å². The number of hydrogen-bond donors (Lipinski definition) is 2. The van der Waals surface area contributed by atoms with Gasteiger partial charge in [-0.1, -0.05) is 15.9 Å². The monoisotopic (exact) mass is 446 g/mol. The standard InChI is InChI=1S/C19H15BrN2O6/c1-27-14-8-10(9-15(28-2)16(14)23)7-13-17(24)21-19(26)22(18(13)25)12-5-3-11(20)4-6-12/h3-9,23H,1-2H3,(H,21,24,26)/b13-7-. The summed E-state index contributed by atoms with van der Waals surface area (Å²) in [6, 6.07) is 8.52. The zero-order valence-corrected chi connectivity index (χ0v) is 16.4. The summed E-state index contributed by atoms with van der Waals surface area (Å²) >= 11 is 3.28. The topological polar surface area (TPSA) is 105 Å². The van der Waals surface area contributed by atoms with E-state index in [0.29, 0.717) is 11.3 Å². The first kappa shape index (κ1) is 19.4. The van der Waals surface area contributed by atoms with Crippen LogP contribution in [0, 0.1) is 0 Å². The van der Waals surface area contributed by atoms with Crippen molar-refractivity contribution in [1.82, 2.24) is 5.32 Å². The molecule has 0 unspecified atom stereocenters. The Kier molecular flexibility index (Phi) is 5.36. The first-order chi connectivity index (χ1) is 13.3. The second-order valence-corrected chi connectivity index (χ2v) is 6.62. The maximum Gasteiger partial charge on any atom is 0.335 e. The Hall–Kier alpha value is -3.33. The van der Waals surface area contributed by atoms with Gasteiger partial charge in [-0.3, -0.25) is 14.9 Å². The summed E-state index contributed by atoms with van der Waals surface area (Å²) in [4.78, 5) is 38.2. The molecule has 9 heteroatoms. The van der Waals surface area contributed by atoms with Crippen molar-refractivity contribution in [1.29, 1.82) is 0 Å². The number of rotatable bonds is 4. The molecule has 1 aliphatic heterocycles. The Morgan fingerprint density at radius 3 is 2.14 bits per heavy atom. The van der Waals surface area contributed by atoms with Gasteiger partial charge in [-0.25, -0.2) is 9.69 Å². The SMILES string of the molecule is COc1cc(/C=C2/C(=O)NC(=O)N(c3ccc(Br)cc3)C2=O)cc(OC)c1O. The molecule has 0 aromatic heterocycles. The molecular weight excluding hydrogens is 432 g/mol. The van der Waals surface area contributed by atoms with Crippen molar-refractivity contribution >= 4 is 45.5 Å². The van der Waals surface area contributed by atoms with E-state index in [1.54, 1.807) is 24.3 Å². The van der Waals surface area contributed by atoms with E-state index in [1.807, 2.05) is 0 Å². The number of barbiturate groups is 1. The van der Waals surface area contributed by atoms with Gasteiger partial charge in [-0.2, -0.15) is 0 Å². The molecule has 28 heavy (non-hydrogen) atoms. The van der Waals surface area contributed by atoms with Crippen LogP contribution in [0.2, 0.25) is 0 Å². The zero-order valence-electron chi connectivity index (χ0n) is 14.9. The molecule has 144 valence electrons. The maximum absolute atomic E-state index is 12.9. The molecule has 0 radical (unpaired) electrons. The van der Waals surface area contributed by atoms with E-state index in [1.165, 1.54) is 32.4 Å². The predicted molar refractivity (Wildman–Crippen MR) is 104 cm³/mol. The molecule has 1 heterocycles. The van der Waals surface area contributed by atoms with Gasteiger partial charge in [0.05, 0.1) is 19.9 Å². The number of nitrogens with one attached hydrogen (secondary N) is 1. The molecule has 3 rings (SSSR count). The number of anilines is 1. The van der Waals surface area contributed by atoms with E-state index in [0.717, 1.165) is 9.37 Å². The number of imide groups is 2. The number of benzene rings is 2. The highest BCUT2D eigenvalue weighted by Crippen LogP contribution is 2.38. The number of halogens is 1. The first-order valence-corrected chi connectivity index (χ1v) is 8.77. The van der Waals surface area contributed by atoms with Crippen LogP contribution in [0.3, 0.4) is 0 Å². The minimum absolute atomic E-state index is 0.107. The van der Waals surface area contributed by atoms with Gasteiger partial charge < -0.3 is 14.6 Å². The smallest absolute Gasteiger partial charge is 0.335 e. The molecule has 0 atom stereocenters. The van der Waals surface area contributed by atoms with E-state index >= 15 is 0 Å². The molecule has 0 bridgehead atoms. The second-order valence-electron chi connectivity index (χ2n) is 5.71. The maximum atomic E-state index is 12.9. The summed E-state index contributed by atoms with van der Waals surface area (Å²) in [6.45, 7) is 0. The van der Waals surface area contributed by atoms with E-state index in [9.17, 15) is 19.5 Å². The number of aromatic hydroxyl groups is 1.